The summed E-state index contributed by atoms with van der Waals surface area (Å²) in [5.74, 6) is -0.952. The van der Waals surface area contributed by atoms with E-state index in [0.717, 1.165) is 0 Å². The van der Waals surface area contributed by atoms with Crippen molar-refractivity contribution in [2.75, 3.05) is 13.7 Å². The maximum atomic E-state index is 12.0. The molecule has 0 aromatic rings. The molecule has 2 rings (SSSR count). The topological polar surface area (TPSA) is 81.7 Å². The van der Waals surface area contributed by atoms with E-state index in [4.69, 9.17) is 4.74 Å². The SMILES string of the molecule is COC(=O)[C@H](CC(C)C)NC(=O)COC12C=CC1C=CC2=O. The minimum absolute atomic E-state index is 0.0973. The first-order valence-corrected chi connectivity index (χ1v) is 7.32. The molecule has 22 heavy (non-hydrogen) atoms. The number of amides is 1. The maximum absolute atomic E-state index is 12.0. The van der Waals surface area contributed by atoms with E-state index in [1.54, 1.807) is 12.2 Å². The van der Waals surface area contributed by atoms with Crippen molar-refractivity contribution in [3.63, 3.8) is 0 Å². The summed E-state index contributed by atoms with van der Waals surface area (Å²) >= 11 is 0. The molecule has 0 radical (unpaired) electrons. The Balaban J connectivity index is 1.88. The van der Waals surface area contributed by atoms with Crippen LogP contribution < -0.4 is 5.32 Å². The molecule has 0 aromatic heterocycles. The van der Waals surface area contributed by atoms with Gasteiger partial charge in [-0.05, 0) is 24.5 Å². The average Bonchev–Trinajstić information content (AvgIpc) is 2.65. The first-order chi connectivity index (χ1) is 10.4. The number of methoxy groups -OCH3 is 1. The average molecular weight is 307 g/mol. The molecule has 0 saturated carbocycles. The summed E-state index contributed by atoms with van der Waals surface area (Å²) in [6.45, 7) is 3.62. The van der Waals surface area contributed by atoms with Crippen LogP contribution in [0.25, 0.3) is 0 Å². The lowest BCUT2D eigenvalue weighted by Crippen LogP contribution is -2.50. The zero-order chi connectivity index (χ0) is 16.3. The van der Waals surface area contributed by atoms with E-state index >= 15 is 0 Å². The van der Waals surface area contributed by atoms with Gasteiger partial charge in [0.25, 0.3) is 0 Å². The summed E-state index contributed by atoms with van der Waals surface area (Å²) in [6.07, 6.45) is 7.23. The van der Waals surface area contributed by atoms with Gasteiger partial charge in [-0.2, -0.15) is 0 Å². The molecule has 1 amide bonds. The van der Waals surface area contributed by atoms with Gasteiger partial charge >= 0.3 is 5.97 Å². The number of esters is 1. The molecule has 0 fully saturated rings. The Hall–Kier alpha value is -1.95. The zero-order valence-corrected chi connectivity index (χ0v) is 13.0. The van der Waals surface area contributed by atoms with Crippen LogP contribution in [-0.4, -0.2) is 43.0 Å². The van der Waals surface area contributed by atoms with Crippen LogP contribution in [0.3, 0.4) is 0 Å². The third-order valence-corrected chi connectivity index (χ3v) is 3.86. The lowest BCUT2D eigenvalue weighted by atomic mass is 9.79. The van der Waals surface area contributed by atoms with Crippen molar-refractivity contribution < 1.29 is 23.9 Å². The highest BCUT2D eigenvalue weighted by atomic mass is 16.5. The fourth-order valence-corrected chi connectivity index (χ4v) is 2.62. The number of nitrogens with one attached hydrogen (secondary N) is 1. The van der Waals surface area contributed by atoms with Crippen LogP contribution in [0.5, 0.6) is 0 Å². The summed E-state index contributed by atoms with van der Waals surface area (Å²) in [7, 11) is 1.28. The first kappa shape index (κ1) is 16.4. The number of hydrogen-bond donors (Lipinski definition) is 1. The van der Waals surface area contributed by atoms with Crippen LogP contribution in [0, 0.1) is 11.8 Å². The molecular weight excluding hydrogens is 286 g/mol. The van der Waals surface area contributed by atoms with E-state index in [1.165, 1.54) is 13.2 Å². The molecule has 2 unspecified atom stereocenters. The second kappa shape index (κ2) is 6.44. The molecule has 0 bridgehead atoms. The van der Waals surface area contributed by atoms with Gasteiger partial charge in [0, 0.05) is 5.92 Å². The second-order valence-electron chi connectivity index (χ2n) is 5.96. The Labute approximate surface area is 129 Å². The number of rotatable bonds is 7. The molecule has 1 N–H and O–H groups in total. The van der Waals surface area contributed by atoms with E-state index in [1.807, 2.05) is 19.9 Å². The molecule has 2 aliphatic carbocycles. The molecule has 6 heteroatoms. The van der Waals surface area contributed by atoms with Crippen molar-refractivity contribution in [3.8, 4) is 0 Å². The molecule has 2 aliphatic rings. The molecule has 120 valence electrons. The molecule has 0 heterocycles. The second-order valence-corrected chi connectivity index (χ2v) is 5.96. The highest BCUT2D eigenvalue weighted by molar-refractivity contribution is 6.04. The smallest absolute Gasteiger partial charge is 0.328 e. The molecule has 6 nitrogen and oxygen atoms in total. The zero-order valence-electron chi connectivity index (χ0n) is 13.0. The molecule has 0 aromatic carbocycles. The van der Waals surface area contributed by atoms with Gasteiger partial charge in [-0.25, -0.2) is 4.79 Å². The minimum Gasteiger partial charge on any atom is -0.467 e. The fraction of sp³-hybridized carbons (Fsp3) is 0.562. The molecule has 0 saturated heterocycles. The predicted molar refractivity (Wildman–Crippen MR) is 78.9 cm³/mol. The summed E-state index contributed by atoms with van der Waals surface area (Å²) in [4.78, 5) is 35.5. The quantitative estimate of drug-likeness (QED) is 0.555. The van der Waals surface area contributed by atoms with E-state index < -0.39 is 23.5 Å². The highest BCUT2D eigenvalue weighted by Crippen LogP contribution is 2.40. The Morgan fingerprint density at radius 1 is 1.36 bits per heavy atom. The van der Waals surface area contributed by atoms with Gasteiger partial charge in [0.15, 0.2) is 11.4 Å². The van der Waals surface area contributed by atoms with Crippen LogP contribution in [0.2, 0.25) is 0 Å². The van der Waals surface area contributed by atoms with Crippen LogP contribution in [-0.2, 0) is 23.9 Å². The number of fused-ring (bicyclic) bond motifs is 1. The number of carbonyl (C=O) groups excluding carboxylic acids is 3. The standard InChI is InChI=1S/C16H21NO5/c1-10(2)8-12(15(20)21-3)17-14(19)9-22-16-7-6-11(16)4-5-13(16)18/h4-7,10-12H,8-9H2,1-3H3,(H,17,19)/t11?,12-,16?/m0/s1. The minimum atomic E-state index is -1.02. The lowest BCUT2D eigenvalue weighted by Gasteiger charge is -2.36. The number of hydrogen-bond acceptors (Lipinski definition) is 5. The number of ketones is 1. The Morgan fingerprint density at radius 3 is 2.59 bits per heavy atom. The van der Waals surface area contributed by atoms with Crippen LogP contribution >= 0.6 is 0 Å². The van der Waals surface area contributed by atoms with Gasteiger partial charge in [0.05, 0.1) is 7.11 Å². The summed E-state index contributed by atoms with van der Waals surface area (Å²) in [6, 6.07) is -0.705. The van der Waals surface area contributed by atoms with Crippen LogP contribution in [0.15, 0.2) is 24.3 Å². The maximum Gasteiger partial charge on any atom is 0.328 e. The van der Waals surface area contributed by atoms with Gasteiger partial charge in [0.2, 0.25) is 5.91 Å². The fourth-order valence-electron chi connectivity index (χ4n) is 2.62. The van der Waals surface area contributed by atoms with Crippen molar-refractivity contribution in [2.24, 2.45) is 11.8 Å². The van der Waals surface area contributed by atoms with E-state index in [2.05, 4.69) is 10.1 Å². The van der Waals surface area contributed by atoms with Gasteiger partial charge in [-0.15, -0.1) is 0 Å². The summed E-state index contributed by atoms with van der Waals surface area (Å²) in [5, 5.41) is 2.60. The third kappa shape index (κ3) is 3.11. The van der Waals surface area contributed by atoms with Crippen molar-refractivity contribution in [1.29, 1.82) is 0 Å². The summed E-state index contributed by atoms with van der Waals surface area (Å²) < 4.78 is 10.2. The molecule has 0 aliphatic heterocycles. The van der Waals surface area contributed by atoms with Gasteiger partial charge < -0.3 is 14.8 Å². The Morgan fingerprint density at radius 2 is 2.09 bits per heavy atom. The van der Waals surface area contributed by atoms with E-state index in [0.29, 0.717) is 6.42 Å². The van der Waals surface area contributed by atoms with Gasteiger partial charge in [0.1, 0.15) is 12.6 Å². The summed E-state index contributed by atoms with van der Waals surface area (Å²) in [5.41, 5.74) is -1.02. The first-order valence-electron chi connectivity index (χ1n) is 7.32. The highest BCUT2D eigenvalue weighted by Gasteiger charge is 2.50. The predicted octanol–water partition coefficient (Wildman–Crippen LogP) is 0.771. The molecule has 0 spiro atoms. The van der Waals surface area contributed by atoms with Crippen molar-refractivity contribution in [1.82, 2.24) is 5.32 Å². The van der Waals surface area contributed by atoms with E-state index in [-0.39, 0.29) is 24.2 Å². The van der Waals surface area contributed by atoms with Crippen LogP contribution in [0.4, 0.5) is 0 Å². The lowest BCUT2D eigenvalue weighted by molar-refractivity contribution is -0.149. The van der Waals surface area contributed by atoms with Crippen molar-refractivity contribution in [3.05, 3.63) is 24.3 Å². The van der Waals surface area contributed by atoms with Crippen molar-refractivity contribution >= 4 is 17.7 Å². The monoisotopic (exact) mass is 307 g/mol. The Bertz CT molecular complexity index is 537. The van der Waals surface area contributed by atoms with Crippen LogP contribution in [0.1, 0.15) is 20.3 Å². The van der Waals surface area contributed by atoms with E-state index in [9.17, 15) is 14.4 Å². The number of carbonyl (C=O) groups is 3. The van der Waals surface area contributed by atoms with Gasteiger partial charge in [-0.1, -0.05) is 26.0 Å². The van der Waals surface area contributed by atoms with Gasteiger partial charge in [-0.3, -0.25) is 9.59 Å². The molecular formula is C16H21NO5. The Kier molecular flexibility index (Phi) is 4.81. The normalized spacial score (nSPS) is 26.5. The largest absolute Gasteiger partial charge is 0.467 e. The third-order valence-electron chi connectivity index (χ3n) is 3.86. The molecule has 3 atom stereocenters. The van der Waals surface area contributed by atoms with Crippen molar-refractivity contribution in [2.45, 2.75) is 31.9 Å². The number of ether oxygens (including phenoxy) is 2.